The molecule has 0 fully saturated rings. The van der Waals surface area contributed by atoms with Crippen LogP contribution < -0.4 is 4.74 Å². The average Bonchev–Trinajstić information content (AvgIpc) is 2.34. The molecule has 94 valence electrons. The number of aromatic nitrogens is 1. The number of aliphatic hydroxyl groups is 1. The number of hydrogen-bond acceptors (Lipinski definition) is 3. The molecule has 0 aliphatic carbocycles. The fraction of sp³-hybridized carbons (Fsp3) is 0.154. The molecule has 2 rings (SSSR count). The standard InChI is InChI=1S/C13H11BrFNO2/c1-8(17)10-3-2-6-16-13(10)18-9-4-5-12(15)11(14)7-9/h2-8,17H,1H3. The summed E-state index contributed by atoms with van der Waals surface area (Å²) in [6.07, 6.45) is 0.886. The molecule has 0 radical (unpaired) electrons. The SMILES string of the molecule is CC(O)c1cccnc1Oc1ccc(F)c(Br)c1. The number of pyridine rings is 1. The molecule has 1 N–H and O–H groups in total. The molecule has 5 heteroatoms. The Balaban J connectivity index is 2.31. The van der Waals surface area contributed by atoms with Crippen molar-refractivity contribution in [3.8, 4) is 11.6 Å². The Kier molecular flexibility index (Phi) is 3.93. The Bertz CT molecular complexity index is 560. The van der Waals surface area contributed by atoms with Crippen molar-refractivity contribution in [2.45, 2.75) is 13.0 Å². The van der Waals surface area contributed by atoms with E-state index in [-0.39, 0.29) is 5.82 Å². The molecular formula is C13H11BrFNO2. The Morgan fingerprint density at radius 3 is 2.83 bits per heavy atom. The van der Waals surface area contributed by atoms with Crippen LogP contribution in [0.5, 0.6) is 11.6 Å². The maximum atomic E-state index is 13.1. The van der Waals surface area contributed by atoms with Gasteiger partial charge >= 0.3 is 0 Å². The summed E-state index contributed by atoms with van der Waals surface area (Å²) in [5.74, 6) is 0.397. The van der Waals surface area contributed by atoms with Gasteiger partial charge in [-0.25, -0.2) is 9.37 Å². The summed E-state index contributed by atoms with van der Waals surface area (Å²) in [5.41, 5.74) is 0.581. The van der Waals surface area contributed by atoms with Gasteiger partial charge in [-0.2, -0.15) is 0 Å². The van der Waals surface area contributed by atoms with Crippen LogP contribution >= 0.6 is 15.9 Å². The lowest BCUT2D eigenvalue weighted by molar-refractivity contribution is 0.194. The molecule has 0 saturated carbocycles. The summed E-state index contributed by atoms with van der Waals surface area (Å²) < 4.78 is 18.9. The smallest absolute Gasteiger partial charge is 0.225 e. The molecule has 1 aromatic heterocycles. The second-order valence-corrected chi connectivity index (χ2v) is 4.61. The zero-order valence-electron chi connectivity index (χ0n) is 9.60. The van der Waals surface area contributed by atoms with Crippen LogP contribution in [0.25, 0.3) is 0 Å². The Morgan fingerprint density at radius 2 is 2.17 bits per heavy atom. The molecule has 1 heterocycles. The van der Waals surface area contributed by atoms with Crippen LogP contribution in [-0.2, 0) is 0 Å². The molecule has 0 bridgehead atoms. The molecule has 0 aliphatic heterocycles. The topological polar surface area (TPSA) is 42.4 Å². The summed E-state index contributed by atoms with van der Waals surface area (Å²) >= 11 is 3.08. The minimum absolute atomic E-state index is 0.311. The summed E-state index contributed by atoms with van der Waals surface area (Å²) in [4.78, 5) is 4.06. The number of ether oxygens (including phenoxy) is 1. The van der Waals surface area contributed by atoms with E-state index < -0.39 is 6.10 Å². The number of aliphatic hydroxyl groups excluding tert-OH is 1. The molecule has 1 unspecified atom stereocenters. The van der Waals surface area contributed by atoms with E-state index in [4.69, 9.17) is 4.74 Å². The highest BCUT2D eigenvalue weighted by molar-refractivity contribution is 9.10. The summed E-state index contributed by atoms with van der Waals surface area (Å²) in [7, 11) is 0. The van der Waals surface area contributed by atoms with Crippen LogP contribution in [0.4, 0.5) is 4.39 Å². The van der Waals surface area contributed by atoms with Crippen molar-refractivity contribution in [2.24, 2.45) is 0 Å². The highest BCUT2D eigenvalue weighted by atomic mass is 79.9. The summed E-state index contributed by atoms with van der Waals surface area (Å²) in [5, 5.41) is 9.59. The van der Waals surface area contributed by atoms with Gasteiger partial charge in [0.2, 0.25) is 5.88 Å². The van der Waals surface area contributed by atoms with E-state index in [1.54, 1.807) is 25.3 Å². The molecule has 2 aromatic rings. The first-order valence-corrected chi connectivity index (χ1v) is 6.13. The highest BCUT2D eigenvalue weighted by Crippen LogP contribution is 2.29. The largest absolute Gasteiger partial charge is 0.439 e. The van der Waals surface area contributed by atoms with Crippen molar-refractivity contribution >= 4 is 15.9 Å². The van der Waals surface area contributed by atoms with Crippen molar-refractivity contribution < 1.29 is 14.2 Å². The van der Waals surface area contributed by atoms with E-state index in [1.165, 1.54) is 18.2 Å². The minimum Gasteiger partial charge on any atom is -0.439 e. The number of nitrogens with zero attached hydrogens (tertiary/aromatic N) is 1. The second-order valence-electron chi connectivity index (χ2n) is 3.75. The van der Waals surface area contributed by atoms with E-state index in [0.29, 0.717) is 21.7 Å². The van der Waals surface area contributed by atoms with Crippen molar-refractivity contribution in [2.75, 3.05) is 0 Å². The molecule has 3 nitrogen and oxygen atoms in total. The predicted molar refractivity (Wildman–Crippen MR) is 69.0 cm³/mol. The monoisotopic (exact) mass is 311 g/mol. The van der Waals surface area contributed by atoms with Crippen molar-refractivity contribution in [3.63, 3.8) is 0 Å². The number of rotatable bonds is 3. The van der Waals surface area contributed by atoms with Gasteiger partial charge in [0.1, 0.15) is 11.6 Å². The fourth-order valence-electron chi connectivity index (χ4n) is 1.46. The number of benzene rings is 1. The zero-order valence-corrected chi connectivity index (χ0v) is 11.2. The van der Waals surface area contributed by atoms with Gasteiger partial charge in [0.15, 0.2) is 0 Å². The first kappa shape index (κ1) is 13.0. The van der Waals surface area contributed by atoms with Gasteiger partial charge in [0, 0.05) is 11.8 Å². The van der Waals surface area contributed by atoms with Crippen LogP contribution in [0.3, 0.4) is 0 Å². The van der Waals surface area contributed by atoms with Gasteiger partial charge in [0.05, 0.1) is 10.6 Å². The molecule has 1 aromatic carbocycles. The maximum Gasteiger partial charge on any atom is 0.225 e. The molecular weight excluding hydrogens is 301 g/mol. The van der Waals surface area contributed by atoms with Crippen LogP contribution in [-0.4, -0.2) is 10.1 Å². The van der Waals surface area contributed by atoms with Gasteiger partial charge in [-0.3, -0.25) is 0 Å². The third-order valence-electron chi connectivity index (χ3n) is 2.36. The Labute approximate surface area is 112 Å². The molecule has 0 aliphatic rings. The van der Waals surface area contributed by atoms with E-state index in [1.807, 2.05) is 0 Å². The lowest BCUT2D eigenvalue weighted by atomic mass is 10.2. The van der Waals surface area contributed by atoms with E-state index in [9.17, 15) is 9.50 Å². The van der Waals surface area contributed by atoms with E-state index >= 15 is 0 Å². The van der Waals surface area contributed by atoms with Crippen LogP contribution in [0.15, 0.2) is 41.0 Å². The molecule has 0 amide bonds. The van der Waals surface area contributed by atoms with E-state index in [0.717, 1.165) is 0 Å². The van der Waals surface area contributed by atoms with Gasteiger partial charge in [-0.15, -0.1) is 0 Å². The Hall–Kier alpha value is -1.46. The van der Waals surface area contributed by atoms with Gasteiger partial charge in [-0.05, 0) is 53.2 Å². The van der Waals surface area contributed by atoms with Crippen LogP contribution in [0.2, 0.25) is 0 Å². The van der Waals surface area contributed by atoms with E-state index in [2.05, 4.69) is 20.9 Å². The molecule has 1 atom stereocenters. The third kappa shape index (κ3) is 2.86. The quantitative estimate of drug-likeness (QED) is 0.936. The third-order valence-corrected chi connectivity index (χ3v) is 2.96. The van der Waals surface area contributed by atoms with Crippen molar-refractivity contribution in [1.29, 1.82) is 0 Å². The van der Waals surface area contributed by atoms with Gasteiger partial charge in [0.25, 0.3) is 0 Å². The average molecular weight is 312 g/mol. The first-order valence-electron chi connectivity index (χ1n) is 5.34. The number of halogens is 2. The molecule has 0 spiro atoms. The van der Waals surface area contributed by atoms with Crippen LogP contribution in [0.1, 0.15) is 18.6 Å². The fourth-order valence-corrected chi connectivity index (χ4v) is 1.82. The van der Waals surface area contributed by atoms with Crippen molar-refractivity contribution in [1.82, 2.24) is 4.98 Å². The zero-order chi connectivity index (χ0) is 13.1. The lowest BCUT2D eigenvalue weighted by Gasteiger charge is -2.11. The highest BCUT2D eigenvalue weighted by Gasteiger charge is 2.11. The predicted octanol–water partition coefficient (Wildman–Crippen LogP) is 3.83. The number of hydrogen-bond donors (Lipinski definition) is 1. The Morgan fingerprint density at radius 1 is 1.39 bits per heavy atom. The first-order chi connectivity index (χ1) is 8.58. The molecule has 0 saturated heterocycles. The second kappa shape index (κ2) is 5.46. The maximum absolute atomic E-state index is 13.1. The van der Waals surface area contributed by atoms with Gasteiger partial charge in [-0.1, -0.05) is 0 Å². The lowest BCUT2D eigenvalue weighted by Crippen LogP contribution is -1.98. The normalized spacial score (nSPS) is 12.2. The summed E-state index contributed by atoms with van der Waals surface area (Å²) in [6.45, 7) is 1.63. The van der Waals surface area contributed by atoms with Gasteiger partial charge < -0.3 is 9.84 Å². The summed E-state index contributed by atoms with van der Waals surface area (Å²) in [6, 6.07) is 7.75. The van der Waals surface area contributed by atoms with Crippen molar-refractivity contribution in [3.05, 3.63) is 52.4 Å². The minimum atomic E-state index is -0.683. The van der Waals surface area contributed by atoms with Crippen LogP contribution in [0, 0.1) is 5.82 Å². The molecule has 18 heavy (non-hydrogen) atoms.